The fourth-order valence-electron chi connectivity index (χ4n) is 1.57. The van der Waals surface area contributed by atoms with Crippen molar-refractivity contribution in [2.24, 2.45) is 5.92 Å². The molecule has 0 aromatic heterocycles. The standard InChI is InChI=1S/C13H21NO3/c1-10(7-14-2)9-17-12-5-4-11(8-15)6-13(12)16-3/h4-6,10,14-15H,7-9H2,1-3H3. The molecule has 96 valence electrons. The van der Waals surface area contributed by atoms with Crippen LogP contribution in [0.5, 0.6) is 11.5 Å². The summed E-state index contributed by atoms with van der Waals surface area (Å²) in [4.78, 5) is 0. The number of ether oxygens (including phenoxy) is 2. The van der Waals surface area contributed by atoms with Gasteiger partial charge in [-0.25, -0.2) is 0 Å². The van der Waals surface area contributed by atoms with Crippen LogP contribution in [0, 0.1) is 5.92 Å². The largest absolute Gasteiger partial charge is 0.493 e. The molecule has 4 heteroatoms. The summed E-state index contributed by atoms with van der Waals surface area (Å²) in [6.45, 7) is 3.67. The molecule has 1 aromatic carbocycles. The Balaban J connectivity index is 2.63. The van der Waals surface area contributed by atoms with E-state index in [1.54, 1.807) is 13.2 Å². The van der Waals surface area contributed by atoms with Crippen LogP contribution in [-0.4, -0.2) is 32.4 Å². The van der Waals surface area contributed by atoms with Crippen molar-refractivity contribution in [1.82, 2.24) is 5.32 Å². The van der Waals surface area contributed by atoms with Gasteiger partial charge in [0, 0.05) is 12.5 Å². The molecule has 4 nitrogen and oxygen atoms in total. The van der Waals surface area contributed by atoms with Crippen molar-refractivity contribution in [2.45, 2.75) is 13.5 Å². The van der Waals surface area contributed by atoms with E-state index in [1.807, 2.05) is 19.2 Å². The number of hydrogen-bond acceptors (Lipinski definition) is 4. The number of aliphatic hydroxyl groups is 1. The maximum Gasteiger partial charge on any atom is 0.161 e. The molecule has 0 saturated carbocycles. The van der Waals surface area contributed by atoms with E-state index < -0.39 is 0 Å². The van der Waals surface area contributed by atoms with E-state index in [0.717, 1.165) is 12.1 Å². The van der Waals surface area contributed by atoms with Gasteiger partial charge in [0.1, 0.15) is 0 Å². The third-order valence-electron chi connectivity index (χ3n) is 2.49. The van der Waals surface area contributed by atoms with Gasteiger partial charge in [-0.15, -0.1) is 0 Å². The van der Waals surface area contributed by atoms with Crippen LogP contribution in [0.2, 0.25) is 0 Å². The molecule has 0 spiro atoms. The molecule has 1 aromatic rings. The van der Waals surface area contributed by atoms with Crippen LogP contribution in [0.4, 0.5) is 0 Å². The number of benzene rings is 1. The molecule has 0 radical (unpaired) electrons. The first-order valence-electron chi connectivity index (χ1n) is 5.76. The van der Waals surface area contributed by atoms with Crippen molar-refractivity contribution < 1.29 is 14.6 Å². The molecule has 0 bridgehead atoms. The van der Waals surface area contributed by atoms with E-state index >= 15 is 0 Å². The lowest BCUT2D eigenvalue weighted by Gasteiger charge is -2.15. The average molecular weight is 239 g/mol. The lowest BCUT2D eigenvalue weighted by Crippen LogP contribution is -2.21. The number of methoxy groups -OCH3 is 1. The Morgan fingerprint density at radius 2 is 2.12 bits per heavy atom. The van der Waals surface area contributed by atoms with Crippen molar-refractivity contribution in [3.63, 3.8) is 0 Å². The number of nitrogens with one attached hydrogen (secondary N) is 1. The maximum atomic E-state index is 9.03. The van der Waals surface area contributed by atoms with Gasteiger partial charge in [0.05, 0.1) is 20.3 Å². The Morgan fingerprint density at radius 1 is 1.35 bits per heavy atom. The minimum absolute atomic E-state index is 0.00674. The second-order valence-electron chi connectivity index (χ2n) is 4.12. The molecule has 17 heavy (non-hydrogen) atoms. The smallest absolute Gasteiger partial charge is 0.161 e. The third kappa shape index (κ3) is 4.24. The molecule has 1 atom stereocenters. The molecule has 0 aliphatic heterocycles. The summed E-state index contributed by atoms with van der Waals surface area (Å²) in [6.07, 6.45) is 0. The predicted octanol–water partition coefficient (Wildman–Crippen LogP) is 1.42. The highest BCUT2D eigenvalue weighted by Crippen LogP contribution is 2.28. The quantitative estimate of drug-likeness (QED) is 0.755. The third-order valence-corrected chi connectivity index (χ3v) is 2.49. The molecule has 0 saturated heterocycles. The summed E-state index contributed by atoms with van der Waals surface area (Å²) in [7, 11) is 3.52. The molecular formula is C13H21NO3. The Hall–Kier alpha value is -1.26. The van der Waals surface area contributed by atoms with E-state index in [-0.39, 0.29) is 6.61 Å². The molecule has 1 unspecified atom stereocenters. The molecule has 0 amide bonds. The average Bonchev–Trinajstić information content (AvgIpc) is 2.36. The summed E-state index contributed by atoms with van der Waals surface area (Å²) in [5, 5.41) is 12.1. The Labute approximate surface area is 103 Å². The van der Waals surface area contributed by atoms with Crippen LogP contribution < -0.4 is 14.8 Å². The first kappa shape index (κ1) is 13.8. The van der Waals surface area contributed by atoms with Gasteiger partial charge in [-0.3, -0.25) is 0 Å². The number of hydrogen-bond donors (Lipinski definition) is 2. The Kier molecular flexibility index (Phi) is 5.80. The fraction of sp³-hybridized carbons (Fsp3) is 0.538. The minimum atomic E-state index is 0.00674. The minimum Gasteiger partial charge on any atom is -0.493 e. The molecular weight excluding hydrogens is 218 g/mol. The van der Waals surface area contributed by atoms with Crippen molar-refractivity contribution in [3.8, 4) is 11.5 Å². The van der Waals surface area contributed by atoms with Gasteiger partial charge in [-0.1, -0.05) is 13.0 Å². The van der Waals surface area contributed by atoms with Gasteiger partial charge in [0.25, 0.3) is 0 Å². The summed E-state index contributed by atoms with van der Waals surface area (Å²) in [5.41, 5.74) is 0.817. The number of rotatable bonds is 7. The van der Waals surface area contributed by atoms with Crippen LogP contribution in [0.15, 0.2) is 18.2 Å². The first-order chi connectivity index (χ1) is 8.21. The summed E-state index contributed by atoms with van der Waals surface area (Å²) < 4.78 is 10.9. The molecule has 0 aliphatic rings. The number of aliphatic hydroxyl groups excluding tert-OH is 1. The van der Waals surface area contributed by atoms with Crippen molar-refractivity contribution in [3.05, 3.63) is 23.8 Å². The van der Waals surface area contributed by atoms with Crippen LogP contribution in [0.1, 0.15) is 12.5 Å². The van der Waals surface area contributed by atoms with E-state index in [4.69, 9.17) is 14.6 Å². The Morgan fingerprint density at radius 3 is 2.71 bits per heavy atom. The summed E-state index contributed by atoms with van der Waals surface area (Å²) in [5.74, 6) is 1.81. The monoisotopic (exact) mass is 239 g/mol. The van der Waals surface area contributed by atoms with Crippen LogP contribution >= 0.6 is 0 Å². The lowest BCUT2D eigenvalue weighted by molar-refractivity contribution is 0.244. The van der Waals surface area contributed by atoms with Crippen molar-refractivity contribution >= 4 is 0 Å². The predicted molar refractivity (Wildman–Crippen MR) is 67.5 cm³/mol. The maximum absolute atomic E-state index is 9.03. The SMILES string of the molecule is CNCC(C)COc1ccc(CO)cc1OC. The van der Waals surface area contributed by atoms with Gasteiger partial charge < -0.3 is 19.9 Å². The van der Waals surface area contributed by atoms with Gasteiger partial charge in [-0.2, -0.15) is 0 Å². The normalized spacial score (nSPS) is 12.2. The van der Waals surface area contributed by atoms with Gasteiger partial charge in [0.15, 0.2) is 11.5 Å². The topological polar surface area (TPSA) is 50.7 Å². The molecule has 2 N–H and O–H groups in total. The highest BCUT2D eigenvalue weighted by Gasteiger charge is 2.07. The van der Waals surface area contributed by atoms with Gasteiger partial charge in [0.2, 0.25) is 0 Å². The zero-order valence-corrected chi connectivity index (χ0v) is 10.7. The van der Waals surface area contributed by atoms with E-state index in [0.29, 0.717) is 24.0 Å². The van der Waals surface area contributed by atoms with E-state index in [9.17, 15) is 0 Å². The lowest BCUT2D eigenvalue weighted by atomic mass is 10.2. The second-order valence-corrected chi connectivity index (χ2v) is 4.12. The Bertz CT molecular complexity index is 341. The van der Waals surface area contributed by atoms with Gasteiger partial charge in [-0.05, 0) is 24.7 Å². The fourth-order valence-corrected chi connectivity index (χ4v) is 1.57. The highest BCUT2D eigenvalue weighted by molar-refractivity contribution is 5.42. The van der Waals surface area contributed by atoms with Crippen LogP contribution in [0.3, 0.4) is 0 Å². The summed E-state index contributed by atoms with van der Waals surface area (Å²) in [6, 6.07) is 5.45. The molecule has 0 heterocycles. The zero-order chi connectivity index (χ0) is 12.7. The molecule has 0 aliphatic carbocycles. The highest BCUT2D eigenvalue weighted by atomic mass is 16.5. The summed E-state index contributed by atoms with van der Waals surface area (Å²) >= 11 is 0. The first-order valence-corrected chi connectivity index (χ1v) is 5.76. The van der Waals surface area contributed by atoms with Crippen LogP contribution in [0.25, 0.3) is 0 Å². The molecule has 0 fully saturated rings. The molecule has 1 rings (SSSR count). The van der Waals surface area contributed by atoms with Crippen LogP contribution in [-0.2, 0) is 6.61 Å². The van der Waals surface area contributed by atoms with Crippen molar-refractivity contribution in [2.75, 3.05) is 27.3 Å². The van der Waals surface area contributed by atoms with E-state index in [2.05, 4.69) is 12.2 Å². The van der Waals surface area contributed by atoms with E-state index in [1.165, 1.54) is 0 Å². The van der Waals surface area contributed by atoms with Crippen molar-refractivity contribution in [1.29, 1.82) is 0 Å². The zero-order valence-electron chi connectivity index (χ0n) is 10.7. The second kappa shape index (κ2) is 7.14. The van der Waals surface area contributed by atoms with Gasteiger partial charge >= 0.3 is 0 Å².